The number of ether oxygens (including phenoxy) is 1. The Morgan fingerprint density at radius 3 is 2.41 bits per heavy atom. The summed E-state index contributed by atoms with van der Waals surface area (Å²) in [5.74, 6) is 0.890. The first-order valence-electron chi connectivity index (χ1n) is 8.70. The average Bonchev–Trinajstić information content (AvgIpc) is 2.99. The molecule has 1 atom stereocenters. The lowest BCUT2D eigenvalue weighted by atomic mass is 10.0. The van der Waals surface area contributed by atoms with Gasteiger partial charge in [0, 0.05) is 6.61 Å². The van der Waals surface area contributed by atoms with E-state index in [2.05, 4.69) is 29.6 Å². The molecule has 1 heterocycles. The summed E-state index contributed by atoms with van der Waals surface area (Å²) >= 11 is 6.26. The van der Waals surface area contributed by atoms with Crippen molar-refractivity contribution in [2.75, 3.05) is 6.61 Å². The van der Waals surface area contributed by atoms with Gasteiger partial charge in [0.1, 0.15) is 16.7 Å². The highest BCUT2D eigenvalue weighted by molar-refractivity contribution is 8.26. The first-order valence-corrected chi connectivity index (χ1v) is 9.92. The van der Waals surface area contributed by atoms with Gasteiger partial charge in [-0.2, -0.15) is 0 Å². The normalized spacial score (nSPS) is 16.4. The highest BCUT2D eigenvalue weighted by Gasteiger charge is 2.21. The molecule has 0 aromatic heterocycles. The molecule has 4 nitrogen and oxygen atoms in total. The SMILES string of the molecule is CC(CO)Cc1ccc(COc2ccc(C=C3SC(=S)NC3=O)cc2)cc1. The predicted molar refractivity (Wildman–Crippen MR) is 113 cm³/mol. The van der Waals surface area contributed by atoms with Gasteiger partial charge in [-0.3, -0.25) is 4.79 Å². The predicted octanol–water partition coefficient (Wildman–Crippen LogP) is 3.93. The molecule has 2 aromatic carbocycles. The number of thiocarbonyl (C=S) groups is 1. The third-order valence-electron chi connectivity index (χ3n) is 4.14. The largest absolute Gasteiger partial charge is 0.489 e. The van der Waals surface area contributed by atoms with E-state index in [0.717, 1.165) is 23.3 Å². The number of hydrogen-bond donors (Lipinski definition) is 2. The molecule has 1 fully saturated rings. The average molecular weight is 400 g/mol. The molecule has 140 valence electrons. The van der Waals surface area contributed by atoms with Crippen LogP contribution in [-0.2, 0) is 17.8 Å². The van der Waals surface area contributed by atoms with Gasteiger partial charge < -0.3 is 15.2 Å². The Morgan fingerprint density at radius 1 is 1.15 bits per heavy atom. The smallest absolute Gasteiger partial charge is 0.263 e. The molecule has 2 N–H and O–H groups in total. The molecule has 3 rings (SSSR count). The number of aliphatic hydroxyl groups excluding tert-OH is 1. The molecular weight excluding hydrogens is 378 g/mol. The minimum Gasteiger partial charge on any atom is -0.489 e. The lowest BCUT2D eigenvalue weighted by molar-refractivity contribution is -0.115. The first kappa shape index (κ1) is 19.6. The van der Waals surface area contributed by atoms with E-state index in [1.54, 1.807) is 0 Å². The molecule has 0 bridgehead atoms. The molecule has 1 saturated heterocycles. The van der Waals surface area contributed by atoms with Gasteiger partial charge in [0.25, 0.3) is 5.91 Å². The fourth-order valence-electron chi connectivity index (χ4n) is 2.64. The summed E-state index contributed by atoms with van der Waals surface area (Å²) in [5.41, 5.74) is 3.23. The fourth-order valence-corrected chi connectivity index (χ4v) is 3.68. The number of benzene rings is 2. The maximum absolute atomic E-state index is 11.7. The zero-order valence-electron chi connectivity index (χ0n) is 15.0. The van der Waals surface area contributed by atoms with E-state index in [1.165, 1.54) is 17.3 Å². The van der Waals surface area contributed by atoms with Crippen molar-refractivity contribution < 1.29 is 14.6 Å². The maximum Gasteiger partial charge on any atom is 0.263 e. The van der Waals surface area contributed by atoms with Crippen LogP contribution in [0.25, 0.3) is 6.08 Å². The summed E-state index contributed by atoms with van der Waals surface area (Å²) in [4.78, 5) is 12.3. The third kappa shape index (κ3) is 5.66. The van der Waals surface area contributed by atoms with Gasteiger partial charge in [0.2, 0.25) is 0 Å². The zero-order chi connectivity index (χ0) is 19.2. The molecule has 6 heteroatoms. The van der Waals surface area contributed by atoms with Crippen LogP contribution in [0, 0.1) is 5.92 Å². The molecule has 1 unspecified atom stereocenters. The van der Waals surface area contributed by atoms with Gasteiger partial charge in [-0.15, -0.1) is 0 Å². The molecule has 0 spiro atoms. The van der Waals surface area contributed by atoms with E-state index in [4.69, 9.17) is 22.1 Å². The minimum atomic E-state index is -0.151. The Hall–Kier alpha value is -2.15. The molecule has 0 saturated carbocycles. The Labute approximate surface area is 168 Å². The maximum atomic E-state index is 11.7. The summed E-state index contributed by atoms with van der Waals surface area (Å²) in [6.07, 6.45) is 2.69. The number of carbonyl (C=O) groups is 1. The molecule has 1 amide bonds. The molecule has 0 radical (unpaired) electrons. The number of amides is 1. The van der Waals surface area contributed by atoms with Gasteiger partial charge in [0.05, 0.1) is 4.91 Å². The van der Waals surface area contributed by atoms with Crippen molar-refractivity contribution in [2.45, 2.75) is 20.0 Å². The molecular formula is C21H21NO3S2. The van der Waals surface area contributed by atoms with E-state index in [-0.39, 0.29) is 18.4 Å². The summed E-state index contributed by atoms with van der Waals surface area (Å²) in [6, 6.07) is 15.9. The summed E-state index contributed by atoms with van der Waals surface area (Å²) < 4.78 is 6.32. The lowest BCUT2D eigenvalue weighted by Crippen LogP contribution is -2.17. The van der Waals surface area contributed by atoms with Crippen molar-refractivity contribution in [3.8, 4) is 5.75 Å². The van der Waals surface area contributed by atoms with Gasteiger partial charge in [0.15, 0.2) is 0 Å². The number of hydrogen-bond acceptors (Lipinski definition) is 5. The van der Waals surface area contributed by atoms with Crippen molar-refractivity contribution in [1.82, 2.24) is 5.32 Å². The number of carbonyl (C=O) groups excluding carboxylic acids is 1. The lowest BCUT2D eigenvalue weighted by Gasteiger charge is -2.10. The van der Waals surface area contributed by atoms with Crippen LogP contribution in [0.1, 0.15) is 23.6 Å². The summed E-state index contributed by atoms with van der Waals surface area (Å²) in [6.45, 7) is 2.72. The van der Waals surface area contributed by atoms with Crippen molar-refractivity contribution in [1.29, 1.82) is 0 Å². The van der Waals surface area contributed by atoms with Crippen LogP contribution in [0.3, 0.4) is 0 Å². The second kappa shape index (κ2) is 9.17. The van der Waals surface area contributed by atoms with Crippen molar-refractivity contribution in [3.63, 3.8) is 0 Å². The zero-order valence-corrected chi connectivity index (χ0v) is 16.6. The van der Waals surface area contributed by atoms with E-state index < -0.39 is 0 Å². The second-order valence-corrected chi connectivity index (χ2v) is 8.24. The molecule has 2 aromatic rings. The molecule has 1 aliphatic heterocycles. The van der Waals surface area contributed by atoms with Crippen LogP contribution in [0.4, 0.5) is 0 Å². The number of rotatable bonds is 7. The highest BCUT2D eigenvalue weighted by atomic mass is 32.2. The Bertz CT molecular complexity index is 845. The van der Waals surface area contributed by atoms with E-state index >= 15 is 0 Å². The van der Waals surface area contributed by atoms with E-state index in [0.29, 0.717) is 15.8 Å². The first-order chi connectivity index (χ1) is 13.0. The van der Waals surface area contributed by atoms with E-state index in [1.807, 2.05) is 37.3 Å². The molecule has 1 aliphatic rings. The molecule has 0 aliphatic carbocycles. The fraction of sp³-hybridized carbons (Fsp3) is 0.238. The van der Waals surface area contributed by atoms with Crippen LogP contribution in [0.15, 0.2) is 53.4 Å². The Balaban J connectivity index is 1.55. The standard InChI is InChI=1S/C21H21NO3S2/c1-14(12-23)10-15-2-4-17(5-3-15)13-25-18-8-6-16(7-9-18)11-19-20(24)22-21(26)27-19/h2-9,11,14,23H,10,12-13H2,1H3,(H,22,24,26). The molecule has 27 heavy (non-hydrogen) atoms. The van der Waals surface area contributed by atoms with Crippen LogP contribution in [0.5, 0.6) is 5.75 Å². The van der Waals surface area contributed by atoms with Crippen LogP contribution in [-0.4, -0.2) is 21.9 Å². The van der Waals surface area contributed by atoms with Crippen LogP contribution in [0.2, 0.25) is 0 Å². The van der Waals surface area contributed by atoms with Gasteiger partial charge >= 0.3 is 0 Å². The quantitative estimate of drug-likeness (QED) is 0.546. The summed E-state index contributed by atoms with van der Waals surface area (Å²) in [7, 11) is 0. The minimum absolute atomic E-state index is 0.151. The topological polar surface area (TPSA) is 58.6 Å². The second-order valence-electron chi connectivity index (χ2n) is 6.52. The monoisotopic (exact) mass is 399 g/mol. The number of nitrogens with one attached hydrogen (secondary N) is 1. The van der Waals surface area contributed by atoms with Crippen molar-refractivity contribution >= 4 is 40.3 Å². The van der Waals surface area contributed by atoms with Gasteiger partial charge in [-0.1, -0.05) is 67.3 Å². The number of thioether (sulfide) groups is 1. The van der Waals surface area contributed by atoms with Crippen LogP contribution >= 0.6 is 24.0 Å². The van der Waals surface area contributed by atoms with Gasteiger partial charge in [-0.05, 0) is 47.2 Å². The van der Waals surface area contributed by atoms with Crippen LogP contribution < -0.4 is 10.1 Å². The van der Waals surface area contributed by atoms with E-state index in [9.17, 15) is 4.79 Å². The van der Waals surface area contributed by atoms with Crippen molar-refractivity contribution in [2.24, 2.45) is 5.92 Å². The van der Waals surface area contributed by atoms with Crippen molar-refractivity contribution in [3.05, 3.63) is 70.1 Å². The highest BCUT2D eigenvalue weighted by Crippen LogP contribution is 2.26. The summed E-state index contributed by atoms with van der Waals surface area (Å²) in [5, 5.41) is 11.7. The Kier molecular flexibility index (Phi) is 6.66. The third-order valence-corrected chi connectivity index (χ3v) is 5.31. The Morgan fingerprint density at radius 2 is 1.81 bits per heavy atom. The number of aliphatic hydroxyl groups is 1. The van der Waals surface area contributed by atoms with Gasteiger partial charge in [-0.25, -0.2) is 0 Å².